The minimum Gasteiger partial charge on any atom is -0.491 e. The third-order valence-electron chi connectivity index (χ3n) is 3.99. The van der Waals surface area contributed by atoms with Crippen LogP contribution in [0, 0.1) is 0 Å². The van der Waals surface area contributed by atoms with Crippen molar-refractivity contribution < 1.29 is 14.3 Å². The summed E-state index contributed by atoms with van der Waals surface area (Å²) in [4.78, 5) is 16.0. The molecule has 0 unspecified atom stereocenters. The highest BCUT2D eigenvalue weighted by Gasteiger charge is 2.16. The van der Waals surface area contributed by atoms with Crippen LogP contribution in [0.3, 0.4) is 0 Å². The first-order valence-corrected chi connectivity index (χ1v) is 8.57. The smallest absolute Gasteiger partial charge is 0.319 e. The largest absolute Gasteiger partial charge is 0.491 e. The summed E-state index contributed by atoms with van der Waals surface area (Å²) >= 11 is 0. The highest BCUT2D eigenvalue weighted by molar-refractivity contribution is 5.89. The molecule has 1 fully saturated rings. The van der Waals surface area contributed by atoms with Gasteiger partial charge in [0.15, 0.2) is 0 Å². The Morgan fingerprint density at radius 1 is 1.44 bits per heavy atom. The SMILES string of the molecule is C[C@@H](Cn1ccnc1)NC(=O)Nc1ccc(OC[C@H]2CCCO2)cc1. The zero-order chi connectivity index (χ0) is 17.5. The molecule has 7 nitrogen and oxygen atoms in total. The molecule has 1 saturated heterocycles. The lowest BCUT2D eigenvalue weighted by atomic mass is 10.2. The van der Waals surface area contributed by atoms with Crippen LogP contribution >= 0.6 is 0 Å². The number of nitrogens with one attached hydrogen (secondary N) is 2. The molecule has 2 amide bonds. The van der Waals surface area contributed by atoms with Crippen LogP contribution in [0.5, 0.6) is 5.75 Å². The lowest BCUT2D eigenvalue weighted by Crippen LogP contribution is -2.38. The van der Waals surface area contributed by atoms with Crippen LogP contribution in [-0.2, 0) is 11.3 Å². The van der Waals surface area contributed by atoms with Gasteiger partial charge in [0.1, 0.15) is 12.4 Å². The van der Waals surface area contributed by atoms with E-state index in [4.69, 9.17) is 9.47 Å². The Labute approximate surface area is 147 Å². The van der Waals surface area contributed by atoms with Crippen LogP contribution in [0.25, 0.3) is 0 Å². The number of carbonyl (C=O) groups excluding carboxylic acids is 1. The van der Waals surface area contributed by atoms with Crippen molar-refractivity contribution >= 4 is 11.7 Å². The first kappa shape index (κ1) is 17.3. The summed E-state index contributed by atoms with van der Waals surface area (Å²) in [6, 6.07) is 7.10. The molecule has 0 bridgehead atoms. The molecule has 2 aromatic rings. The fraction of sp³-hybridized carbons (Fsp3) is 0.444. The van der Waals surface area contributed by atoms with Crippen molar-refractivity contribution in [3.8, 4) is 5.75 Å². The Balaban J connectivity index is 1.41. The molecule has 2 atom stereocenters. The predicted molar refractivity (Wildman–Crippen MR) is 94.8 cm³/mol. The number of imidazole rings is 1. The van der Waals surface area contributed by atoms with Gasteiger partial charge < -0.3 is 24.7 Å². The quantitative estimate of drug-likeness (QED) is 0.809. The summed E-state index contributed by atoms with van der Waals surface area (Å²) in [5, 5.41) is 5.72. The highest BCUT2D eigenvalue weighted by Crippen LogP contribution is 2.18. The molecule has 2 N–H and O–H groups in total. The molecule has 1 aromatic heterocycles. The second-order valence-corrected chi connectivity index (χ2v) is 6.23. The molecule has 0 radical (unpaired) electrons. The van der Waals surface area contributed by atoms with Crippen molar-refractivity contribution in [2.75, 3.05) is 18.5 Å². The van der Waals surface area contributed by atoms with E-state index >= 15 is 0 Å². The third kappa shape index (κ3) is 5.49. The maximum absolute atomic E-state index is 12.0. The monoisotopic (exact) mass is 344 g/mol. The molecule has 3 rings (SSSR count). The maximum atomic E-state index is 12.0. The molecule has 1 aliphatic heterocycles. The summed E-state index contributed by atoms with van der Waals surface area (Å²) < 4.78 is 13.2. The minimum atomic E-state index is -0.236. The van der Waals surface area contributed by atoms with E-state index in [9.17, 15) is 4.79 Å². The first-order chi connectivity index (χ1) is 12.2. The van der Waals surface area contributed by atoms with Crippen LogP contribution in [0.1, 0.15) is 19.8 Å². The van der Waals surface area contributed by atoms with Gasteiger partial charge in [-0.05, 0) is 44.0 Å². The maximum Gasteiger partial charge on any atom is 0.319 e. The van der Waals surface area contributed by atoms with Gasteiger partial charge in [0.05, 0.1) is 12.4 Å². The molecule has 7 heteroatoms. The third-order valence-corrected chi connectivity index (χ3v) is 3.99. The van der Waals surface area contributed by atoms with Gasteiger partial charge in [0.25, 0.3) is 0 Å². The number of amides is 2. The molecule has 1 aromatic carbocycles. The molecule has 0 saturated carbocycles. The average Bonchev–Trinajstić information content (AvgIpc) is 3.27. The Bertz CT molecular complexity index is 651. The van der Waals surface area contributed by atoms with Crippen molar-refractivity contribution in [3.05, 3.63) is 43.0 Å². The number of urea groups is 1. The van der Waals surface area contributed by atoms with Crippen LogP contribution in [0.2, 0.25) is 0 Å². The zero-order valence-corrected chi connectivity index (χ0v) is 14.4. The Hall–Kier alpha value is -2.54. The number of anilines is 1. The molecular weight excluding hydrogens is 320 g/mol. The fourth-order valence-electron chi connectivity index (χ4n) is 2.75. The van der Waals surface area contributed by atoms with E-state index in [-0.39, 0.29) is 18.2 Å². The molecule has 2 heterocycles. The normalized spacial score (nSPS) is 17.9. The molecule has 25 heavy (non-hydrogen) atoms. The summed E-state index contributed by atoms with van der Waals surface area (Å²) in [6.07, 6.45) is 7.66. The standard InChI is InChI=1S/C18H24N4O3/c1-14(11-22-9-8-19-13-22)20-18(23)21-15-4-6-16(7-5-15)25-12-17-3-2-10-24-17/h4-9,13-14,17H,2-3,10-12H2,1H3,(H2,20,21,23)/t14-,17+/m0/s1. The first-order valence-electron chi connectivity index (χ1n) is 8.57. The number of hydrogen-bond acceptors (Lipinski definition) is 4. The van der Waals surface area contributed by atoms with E-state index < -0.39 is 0 Å². The van der Waals surface area contributed by atoms with Crippen molar-refractivity contribution in [1.82, 2.24) is 14.9 Å². The van der Waals surface area contributed by atoms with Crippen LogP contribution in [0.15, 0.2) is 43.0 Å². The number of carbonyl (C=O) groups is 1. The molecule has 1 aliphatic rings. The highest BCUT2D eigenvalue weighted by atomic mass is 16.5. The summed E-state index contributed by atoms with van der Waals surface area (Å²) in [5.41, 5.74) is 0.719. The minimum absolute atomic E-state index is 0.0109. The van der Waals surface area contributed by atoms with Crippen LogP contribution < -0.4 is 15.4 Å². The lowest BCUT2D eigenvalue weighted by Gasteiger charge is -2.15. The van der Waals surface area contributed by atoms with Crippen LogP contribution in [0.4, 0.5) is 10.5 Å². The number of hydrogen-bond donors (Lipinski definition) is 2. The van der Waals surface area contributed by atoms with E-state index in [0.29, 0.717) is 13.2 Å². The van der Waals surface area contributed by atoms with E-state index in [1.54, 1.807) is 12.5 Å². The molecular formula is C18H24N4O3. The summed E-state index contributed by atoms with van der Waals surface area (Å²) in [7, 11) is 0. The van der Waals surface area contributed by atoms with E-state index in [1.165, 1.54) is 0 Å². The van der Waals surface area contributed by atoms with Crippen molar-refractivity contribution in [3.63, 3.8) is 0 Å². The second-order valence-electron chi connectivity index (χ2n) is 6.23. The van der Waals surface area contributed by atoms with E-state index in [2.05, 4.69) is 15.6 Å². The predicted octanol–water partition coefficient (Wildman–Crippen LogP) is 2.65. The Morgan fingerprint density at radius 3 is 2.96 bits per heavy atom. The van der Waals surface area contributed by atoms with Gasteiger partial charge in [-0.15, -0.1) is 0 Å². The number of benzene rings is 1. The number of ether oxygens (including phenoxy) is 2. The van der Waals surface area contributed by atoms with Crippen molar-refractivity contribution in [2.24, 2.45) is 0 Å². The van der Waals surface area contributed by atoms with Gasteiger partial charge in [-0.3, -0.25) is 0 Å². The van der Waals surface area contributed by atoms with Gasteiger partial charge >= 0.3 is 6.03 Å². The summed E-state index contributed by atoms with van der Waals surface area (Å²) in [5.74, 6) is 0.773. The van der Waals surface area contributed by atoms with E-state index in [1.807, 2.05) is 42.0 Å². The average molecular weight is 344 g/mol. The van der Waals surface area contributed by atoms with Crippen molar-refractivity contribution in [2.45, 2.75) is 38.5 Å². The Kier molecular flexibility index (Phi) is 5.90. The van der Waals surface area contributed by atoms with Gasteiger partial charge in [-0.25, -0.2) is 9.78 Å². The fourth-order valence-corrected chi connectivity index (χ4v) is 2.75. The molecule has 0 aliphatic carbocycles. The van der Waals surface area contributed by atoms with Gasteiger partial charge in [0, 0.05) is 37.3 Å². The number of rotatable bonds is 7. The van der Waals surface area contributed by atoms with Gasteiger partial charge in [-0.1, -0.05) is 0 Å². The van der Waals surface area contributed by atoms with Gasteiger partial charge in [-0.2, -0.15) is 0 Å². The zero-order valence-electron chi connectivity index (χ0n) is 14.4. The van der Waals surface area contributed by atoms with E-state index in [0.717, 1.165) is 30.9 Å². The van der Waals surface area contributed by atoms with Crippen LogP contribution in [-0.4, -0.2) is 40.9 Å². The lowest BCUT2D eigenvalue weighted by molar-refractivity contribution is 0.0679. The van der Waals surface area contributed by atoms with Gasteiger partial charge in [0.2, 0.25) is 0 Å². The molecule has 134 valence electrons. The Morgan fingerprint density at radius 2 is 2.28 bits per heavy atom. The number of nitrogens with zero attached hydrogens (tertiary/aromatic N) is 2. The second kappa shape index (κ2) is 8.53. The number of aromatic nitrogens is 2. The summed E-state index contributed by atoms with van der Waals surface area (Å²) in [6.45, 7) is 4.01. The molecule has 0 spiro atoms. The van der Waals surface area contributed by atoms with Crippen molar-refractivity contribution in [1.29, 1.82) is 0 Å². The topological polar surface area (TPSA) is 77.4 Å².